The van der Waals surface area contributed by atoms with E-state index >= 15 is 0 Å². The van der Waals surface area contributed by atoms with Gasteiger partial charge < -0.3 is 9.84 Å². The summed E-state index contributed by atoms with van der Waals surface area (Å²) in [6, 6.07) is 7.29. The number of benzene rings is 1. The van der Waals surface area contributed by atoms with Crippen LogP contribution in [0.2, 0.25) is 0 Å². The molecule has 1 aromatic rings. The van der Waals surface area contributed by atoms with Gasteiger partial charge in [-0.05, 0) is 44.5 Å². The van der Waals surface area contributed by atoms with E-state index in [-0.39, 0.29) is 11.7 Å². The number of esters is 1. The van der Waals surface area contributed by atoms with Gasteiger partial charge in [0, 0.05) is 11.0 Å². The maximum absolute atomic E-state index is 11.5. The molecule has 0 aliphatic carbocycles. The second kappa shape index (κ2) is 7.14. The van der Waals surface area contributed by atoms with Crippen molar-refractivity contribution in [2.45, 2.75) is 31.3 Å². The number of carbonyl (C=O) groups excluding carboxylic acids is 1. The zero-order chi connectivity index (χ0) is 15.2. The zero-order valence-corrected chi connectivity index (χ0v) is 12.6. The van der Waals surface area contributed by atoms with Crippen molar-refractivity contribution in [3.05, 3.63) is 35.9 Å². The molecule has 1 N–H and O–H groups in total. The Balaban J connectivity index is 2.56. The number of ether oxygens (including phenoxy) is 1. The van der Waals surface area contributed by atoms with Crippen molar-refractivity contribution in [3.63, 3.8) is 0 Å². The van der Waals surface area contributed by atoms with Crippen LogP contribution in [0.1, 0.15) is 26.3 Å². The summed E-state index contributed by atoms with van der Waals surface area (Å²) in [5.41, 5.74) is 0.356. The van der Waals surface area contributed by atoms with Gasteiger partial charge in [0.25, 0.3) is 0 Å². The number of thioether (sulfide) groups is 1. The van der Waals surface area contributed by atoms with Crippen LogP contribution in [0, 0.1) is 0 Å². The van der Waals surface area contributed by atoms with Gasteiger partial charge in [-0.15, -0.1) is 11.8 Å². The van der Waals surface area contributed by atoms with Gasteiger partial charge in [-0.3, -0.25) is 4.79 Å². The summed E-state index contributed by atoms with van der Waals surface area (Å²) in [5.74, 6) is -1.20. The number of rotatable bonds is 5. The Morgan fingerprint density at radius 1 is 1.25 bits per heavy atom. The average Bonchev–Trinajstić information content (AvgIpc) is 2.33. The summed E-state index contributed by atoms with van der Waals surface area (Å²) in [6.07, 6.45) is 3.05. The Kier molecular flexibility index (Phi) is 5.82. The van der Waals surface area contributed by atoms with Crippen LogP contribution in [0.4, 0.5) is 0 Å². The van der Waals surface area contributed by atoms with Gasteiger partial charge in [0.2, 0.25) is 0 Å². The van der Waals surface area contributed by atoms with Crippen molar-refractivity contribution in [2.75, 3.05) is 5.75 Å². The lowest BCUT2D eigenvalue weighted by Crippen LogP contribution is -2.22. The van der Waals surface area contributed by atoms with E-state index in [1.54, 1.807) is 6.08 Å². The summed E-state index contributed by atoms with van der Waals surface area (Å²) < 4.78 is 5.15. The molecule has 0 bridgehead atoms. The van der Waals surface area contributed by atoms with Gasteiger partial charge in [0.05, 0.1) is 5.75 Å². The Morgan fingerprint density at radius 3 is 2.35 bits per heavy atom. The molecule has 0 atom stereocenters. The Hall–Kier alpha value is -1.75. The lowest BCUT2D eigenvalue weighted by molar-refractivity contribution is -0.148. The molecule has 0 fully saturated rings. The molecule has 1 aromatic carbocycles. The van der Waals surface area contributed by atoms with Crippen LogP contribution >= 0.6 is 11.8 Å². The van der Waals surface area contributed by atoms with Crippen molar-refractivity contribution in [2.24, 2.45) is 0 Å². The minimum absolute atomic E-state index is 0.0348. The highest BCUT2D eigenvalue weighted by Gasteiger charge is 2.13. The second-order valence-electron chi connectivity index (χ2n) is 5.12. The van der Waals surface area contributed by atoms with Crippen molar-refractivity contribution >= 4 is 29.8 Å². The van der Waals surface area contributed by atoms with Gasteiger partial charge in [-0.25, -0.2) is 4.79 Å². The smallest absolute Gasteiger partial charge is 0.331 e. The lowest BCUT2D eigenvalue weighted by Gasteiger charge is -2.17. The predicted molar refractivity (Wildman–Crippen MR) is 79.7 cm³/mol. The van der Waals surface area contributed by atoms with Crippen molar-refractivity contribution in [3.8, 4) is 0 Å². The summed E-state index contributed by atoms with van der Waals surface area (Å²) in [7, 11) is 0. The highest BCUT2D eigenvalue weighted by atomic mass is 32.2. The summed E-state index contributed by atoms with van der Waals surface area (Å²) in [4.78, 5) is 22.8. The van der Waals surface area contributed by atoms with E-state index in [0.717, 1.165) is 10.5 Å². The van der Waals surface area contributed by atoms with Crippen LogP contribution in [-0.4, -0.2) is 28.4 Å². The van der Waals surface area contributed by atoms with Crippen LogP contribution in [0.3, 0.4) is 0 Å². The van der Waals surface area contributed by atoms with Crippen molar-refractivity contribution in [1.82, 2.24) is 0 Å². The van der Waals surface area contributed by atoms with E-state index in [0.29, 0.717) is 0 Å². The third-order valence-corrected chi connectivity index (χ3v) is 3.06. The van der Waals surface area contributed by atoms with E-state index in [1.807, 2.05) is 45.0 Å². The highest BCUT2D eigenvalue weighted by molar-refractivity contribution is 8.00. The first-order chi connectivity index (χ1) is 9.26. The fraction of sp³-hybridized carbons (Fsp3) is 0.333. The molecule has 5 heteroatoms. The quantitative estimate of drug-likeness (QED) is 0.513. The molecule has 0 heterocycles. The SMILES string of the molecule is CC(C)(C)OC(=O)/C=C/c1ccc(SCC(=O)O)cc1. The molecule has 1 rings (SSSR count). The Morgan fingerprint density at radius 2 is 1.85 bits per heavy atom. The fourth-order valence-electron chi connectivity index (χ4n) is 1.32. The van der Waals surface area contributed by atoms with Crippen molar-refractivity contribution in [1.29, 1.82) is 0 Å². The number of hydrogen-bond acceptors (Lipinski definition) is 4. The lowest BCUT2D eigenvalue weighted by atomic mass is 10.2. The van der Waals surface area contributed by atoms with E-state index in [9.17, 15) is 9.59 Å². The minimum Gasteiger partial charge on any atom is -0.481 e. The molecule has 0 aliphatic heterocycles. The third-order valence-electron chi connectivity index (χ3n) is 2.06. The number of carboxylic acids is 1. The number of carboxylic acid groups (broad SMARTS) is 1. The normalized spacial score (nSPS) is 11.6. The molecule has 0 saturated heterocycles. The fourth-order valence-corrected chi connectivity index (χ4v) is 1.94. The topological polar surface area (TPSA) is 63.6 Å². The highest BCUT2D eigenvalue weighted by Crippen LogP contribution is 2.18. The number of aliphatic carboxylic acids is 1. The first-order valence-corrected chi connectivity index (χ1v) is 7.10. The molecule has 0 amide bonds. The zero-order valence-electron chi connectivity index (χ0n) is 11.8. The molecule has 0 unspecified atom stereocenters. The molecular weight excluding hydrogens is 276 g/mol. The molecule has 0 saturated carbocycles. The molecule has 108 valence electrons. The van der Waals surface area contributed by atoms with Crippen LogP contribution in [0.15, 0.2) is 35.2 Å². The Labute approximate surface area is 122 Å². The van der Waals surface area contributed by atoms with E-state index in [2.05, 4.69) is 0 Å². The third kappa shape index (κ3) is 6.99. The molecule has 20 heavy (non-hydrogen) atoms. The summed E-state index contributed by atoms with van der Waals surface area (Å²) in [5, 5.41) is 8.58. The summed E-state index contributed by atoms with van der Waals surface area (Å²) in [6.45, 7) is 5.44. The molecule has 0 spiro atoms. The van der Waals surface area contributed by atoms with Crippen LogP contribution in [0.5, 0.6) is 0 Å². The van der Waals surface area contributed by atoms with Crippen LogP contribution in [0.25, 0.3) is 6.08 Å². The average molecular weight is 294 g/mol. The van der Waals surface area contributed by atoms with E-state index in [1.165, 1.54) is 17.8 Å². The minimum atomic E-state index is -0.844. The maximum atomic E-state index is 11.5. The maximum Gasteiger partial charge on any atom is 0.331 e. The molecule has 4 nitrogen and oxygen atoms in total. The second-order valence-corrected chi connectivity index (χ2v) is 6.17. The summed E-state index contributed by atoms with van der Waals surface area (Å²) >= 11 is 1.25. The van der Waals surface area contributed by atoms with Gasteiger partial charge in [0.15, 0.2) is 0 Å². The predicted octanol–water partition coefficient (Wildman–Crippen LogP) is 3.22. The molecular formula is C15H18O4S. The van der Waals surface area contributed by atoms with E-state index < -0.39 is 11.6 Å². The molecule has 0 aromatic heterocycles. The van der Waals surface area contributed by atoms with Crippen molar-refractivity contribution < 1.29 is 19.4 Å². The number of carbonyl (C=O) groups is 2. The largest absolute Gasteiger partial charge is 0.481 e. The van der Waals surface area contributed by atoms with E-state index in [4.69, 9.17) is 9.84 Å². The monoisotopic (exact) mass is 294 g/mol. The standard InChI is InChI=1S/C15H18O4S/c1-15(2,3)19-14(18)9-6-11-4-7-12(8-5-11)20-10-13(16)17/h4-9H,10H2,1-3H3,(H,16,17)/b9-6+. The van der Waals surface area contributed by atoms with Gasteiger partial charge in [-0.2, -0.15) is 0 Å². The van der Waals surface area contributed by atoms with Gasteiger partial charge in [0.1, 0.15) is 5.60 Å². The first kappa shape index (κ1) is 16.3. The van der Waals surface area contributed by atoms with Crippen LogP contribution in [-0.2, 0) is 14.3 Å². The Bertz CT molecular complexity index is 498. The first-order valence-electron chi connectivity index (χ1n) is 6.12. The molecule has 0 aliphatic rings. The van der Waals surface area contributed by atoms with Crippen LogP contribution < -0.4 is 0 Å². The molecule has 0 radical (unpaired) electrons. The van der Waals surface area contributed by atoms with Gasteiger partial charge in [-0.1, -0.05) is 12.1 Å². The van der Waals surface area contributed by atoms with Gasteiger partial charge >= 0.3 is 11.9 Å². The number of hydrogen-bond donors (Lipinski definition) is 1.